The summed E-state index contributed by atoms with van der Waals surface area (Å²) >= 11 is 0. The van der Waals surface area contributed by atoms with Gasteiger partial charge >= 0.3 is 17.1 Å². The summed E-state index contributed by atoms with van der Waals surface area (Å²) < 4.78 is 10.7. The van der Waals surface area contributed by atoms with Crippen LogP contribution in [-0.4, -0.2) is 9.97 Å². The van der Waals surface area contributed by atoms with Gasteiger partial charge in [-0.15, -0.1) is 0 Å². The van der Waals surface area contributed by atoms with Crippen LogP contribution in [0.4, 0.5) is 0 Å². The molecule has 53 heavy (non-hydrogen) atoms. The maximum Gasteiger partial charge on any atom is 2.00 e. The Labute approximate surface area is 327 Å². The maximum atomic E-state index is 5.36. The Morgan fingerprint density at radius 1 is 0.358 bits per heavy atom. The molecule has 2 aliphatic rings. The van der Waals surface area contributed by atoms with Crippen LogP contribution in [0.1, 0.15) is 11.4 Å². The van der Waals surface area contributed by atoms with Crippen LogP contribution in [0.25, 0.3) is 0 Å². The van der Waals surface area contributed by atoms with E-state index in [4.69, 9.17) is 9.49 Å². The van der Waals surface area contributed by atoms with Crippen LogP contribution >= 0.6 is 14.1 Å². The first-order valence-electron chi connectivity index (χ1n) is 17.4. The SMILES string of the molecule is [CH]1[CH][CH][C](P(=NCc2ccccn2)(c2ccccc2)c2ccccc2)[CH]1.[CH]1[CH][CH][C](P(=NCc2ccccn2)(c2ccccc2)c2ccccc2)[CH]1.[Fe+2]. The molecule has 4 aromatic carbocycles. The number of aromatic nitrogens is 2. The van der Waals surface area contributed by atoms with Gasteiger partial charge in [0.05, 0.1) is 24.5 Å². The average Bonchev–Trinajstić information content (AvgIpc) is 3.98. The monoisotopic (exact) mass is 766 g/mol. The summed E-state index contributed by atoms with van der Waals surface area (Å²) in [5.74, 6) is 0. The molecule has 2 aliphatic carbocycles. The van der Waals surface area contributed by atoms with Crippen molar-refractivity contribution < 1.29 is 17.1 Å². The van der Waals surface area contributed by atoms with Crippen LogP contribution in [0, 0.1) is 62.7 Å². The summed E-state index contributed by atoms with van der Waals surface area (Å²) in [5, 5.41) is 5.09. The van der Waals surface area contributed by atoms with E-state index in [1.807, 2.05) is 48.8 Å². The third kappa shape index (κ3) is 9.11. The van der Waals surface area contributed by atoms with Gasteiger partial charge < -0.3 is 0 Å². The normalized spacial score (nSPS) is 14.8. The number of hydrogen-bond acceptors (Lipinski definition) is 4. The van der Waals surface area contributed by atoms with Gasteiger partial charge in [0.15, 0.2) is 0 Å². The van der Waals surface area contributed by atoms with Gasteiger partial charge in [-0.1, -0.05) is 133 Å². The Morgan fingerprint density at radius 2 is 0.642 bits per heavy atom. The molecule has 6 aromatic rings. The molecule has 4 nitrogen and oxygen atoms in total. The van der Waals surface area contributed by atoms with Crippen LogP contribution in [0.5, 0.6) is 0 Å². The van der Waals surface area contributed by atoms with Crippen LogP contribution in [0.2, 0.25) is 0 Å². The summed E-state index contributed by atoms with van der Waals surface area (Å²) in [7, 11) is -4.17. The zero-order valence-electron chi connectivity index (χ0n) is 29.2. The van der Waals surface area contributed by atoms with E-state index in [2.05, 4.69) is 183 Å². The predicted molar refractivity (Wildman–Crippen MR) is 220 cm³/mol. The minimum Gasteiger partial charge on any atom is -0.287 e. The molecule has 0 N–H and O–H groups in total. The summed E-state index contributed by atoms with van der Waals surface area (Å²) in [6.45, 7) is 1.20. The van der Waals surface area contributed by atoms with E-state index in [1.54, 1.807) is 0 Å². The molecule has 0 unspecified atom stereocenters. The summed E-state index contributed by atoms with van der Waals surface area (Å²) in [6, 6.07) is 54.7. The fourth-order valence-corrected chi connectivity index (χ4v) is 13.6. The Hall–Kier alpha value is -3.84. The topological polar surface area (TPSA) is 50.5 Å². The zero-order chi connectivity index (χ0) is 35.3. The quantitative estimate of drug-likeness (QED) is 0.103. The minimum atomic E-state index is -2.09. The van der Waals surface area contributed by atoms with E-state index in [1.165, 1.54) is 32.5 Å². The number of benzene rings is 4. The second-order valence-corrected chi connectivity index (χ2v) is 18.3. The van der Waals surface area contributed by atoms with E-state index in [0.717, 1.165) is 11.4 Å². The molecule has 0 saturated heterocycles. The first-order chi connectivity index (χ1) is 25.8. The minimum absolute atomic E-state index is 0. The molecule has 7 heteroatoms. The molecule has 0 spiro atoms. The Morgan fingerprint density at radius 3 is 0.906 bits per heavy atom. The molecule has 2 saturated carbocycles. The van der Waals surface area contributed by atoms with E-state index < -0.39 is 14.1 Å². The van der Waals surface area contributed by atoms with Crippen molar-refractivity contribution >= 4 is 35.3 Å². The molecule has 0 aliphatic heterocycles. The third-order valence-electron chi connectivity index (χ3n) is 8.90. The standard InChI is InChI=1S/2C23H20N2P.Fe/c2*1-3-12-21(13-4-1)26(23-16-7-8-17-23,22-14-5-2-6-15-22)25-19-20-11-9-10-18-24-20;/h2*1-18H,19H2;/q;;+2. The maximum absolute atomic E-state index is 5.36. The van der Waals surface area contributed by atoms with Gasteiger partial charge in [0, 0.05) is 37.8 Å². The fourth-order valence-electron chi connectivity index (χ4n) is 6.46. The van der Waals surface area contributed by atoms with Gasteiger partial charge in [0.1, 0.15) is 0 Å². The molecule has 0 atom stereocenters. The van der Waals surface area contributed by atoms with Gasteiger partial charge in [-0.2, -0.15) is 0 Å². The van der Waals surface area contributed by atoms with Crippen molar-refractivity contribution in [3.63, 3.8) is 0 Å². The molecule has 8 rings (SSSR count). The van der Waals surface area contributed by atoms with E-state index in [9.17, 15) is 0 Å². The van der Waals surface area contributed by atoms with Crippen LogP contribution in [0.3, 0.4) is 0 Å². The van der Waals surface area contributed by atoms with E-state index in [0.29, 0.717) is 13.1 Å². The van der Waals surface area contributed by atoms with Crippen LogP contribution in [0.15, 0.2) is 180 Å². The predicted octanol–water partition coefficient (Wildman–Crippen LogP) is 9.59. The van der Waals surface area contributed by atoms with Gasteiger partial charge in [0.2, 0.25) is 0 Å². The third-order valence-corrected chi connectivity index (χ3v) is 16.3. The Bertz CT molecular complexity index is 1810. The van der Waals surface area contributed by atoms with Gasteiger partial charge in [-0.3, -0.25) is 19.5 Å². The van der Waals surface area contributed by atoms with Gasteiger partial charge in [-0.05, 0) is 96.9 Å². The molecule has 2 heterocycles. The first kappa shape index (κ1) is 38.9. The molecule has 260 valence electrons. The second-order valence-electron chi connectivity index (χ2n) is 12.1. The van der Waals surface area contributed by atoms with Crippen LogP contribution < -0.4 is 21.2 Å². The van der Waals surface area contributed by atoms with Crippen molar-refractivity contribution in [3.05, 3.63) is 244 Å². The molecular formula is C46H40FeN4P2+2. The Kier molecular flexibility index (Phi) is 14.3. The average molecular weight is 767 g/mol. The zero-order valence-corrected chi connectivity index (χ0v) is 32.1. The number of rotatable bonds is 10. The van der Waals surface area contributed by atoms with E-state index in [-0.39, 0.29) is 17.1 Å². The van der Waals surface area contributed by atoms with Gasteiger partial charge in [0.25, 0.3) is 0 Å². The molecule has 0 amide bonds. The summed E-state index contributed by atoms with van der Waals surface area (Å²) in [5.41, 5.74) is 4.56. The van der Waals surface area contributed by atoms with Crippen molar-refractivity contribution in [1.29, 1.82) is 0 Å². The number of nitrogens with zero attached hydrogens (tertiary/aromatic N) is 4. The molecule has 2 aromatic heterocycles. The Balaban J connectivity index is 0.000000178. The van der Waals surface area contributed by atoms with Gasteiger partial charge in [-0.25, -0.2) is 0 Å². The molecule has 2 fully saturated rings. The molecular weight excluding hydrogens is 726 g/mol. The molecule has 0 bridgehead atoms. The second kappa shape index (κ2) is 19.5. The van der Waals surface area contributed by atoms with Crippen molar-refractivity contribution in [1.82, 2.24) is 9.97 Å². The van der Waals surface area contributed by atoms with E-state index >= 15 is 0 Å². The van der Waals surface area contributed by atoms with Crippen molar-refractivity contribution in [3.8, 4) is 0 Å². The summed E-state index contributed by atoms with van der Waals surface area (Å²) in [4.78, 5) is 8.95. The van der Waals surface area contributed by atoms with Crippen LogP contribution in [-0.2, 0) is 30.2 Å². The largest absolute Gasteiger partial charge is 2.00 e. The fraction of sp³-hybridized carbons (Fsp3) is 0.0435. The number of pyridine rings is 2. The number of hydrogen-bond donors (Lipinski definition) is 0. The van der Waals surface area contributed by atoms with Crippen molar-refractivity contribution in [2.24, 2.45) is 9.49 Å². The summed E-state index contributed by atoms with van der Waals surface area (Å²) in [6.07, 6.45) is 20.9. The first-order valence-corrected chi connectivity index (χ1v) is 20.9. The smallest absolute Gasteiger partial charge is 0.287 e. The van der Waals surface area contributed by atoms with Crippen molar-refractivity contribution in [2.45, 2.75) is 13.1 Å². The van der Waals surface area contributed by atoms with Crippen molar-refractivity contribution in [2.75, 3.05) is 0 Å². The molecule has 10 radical (unpaired) electrons.